The summed E-state index contributed by atoms with van der Waals surface area (Å²) in [6.07, 6.45) is 14.4. The molecule has 6 atom stereocenters. The van der Waals surface area contributed by atoms with Gasteiger partial charge in [0, 0.05) is 17.8 Å². The Balaban J connectivity index is 1.58. The molecule has 0 N–H and O–H groups in total. The number of carboxylic acid groups (broad SMARTS) is 1. The van der Waals surface area contributed by atoms with Gasteiger partial charge >= 0.3 is 5.97 Å². The summed E-state index contributed by atoms with van der Waals surface area (Å²) in [4.78, 5) is 35.1. The molecule has 4 aliphatic rings. The van der Waals surface area contributed by atoms with E-state index in [-0.39, 0.29) is 29.5 Å². The van der Waals surface area contributed by atoms with Gasteiger partial charge in [-0.25, -0.2) is 0 Å². The average molecular weight is 412 g/mol. The summed E-state index contributed by atoms with van der Waals surface area (Å²) in [6.45, 7) is 4.51. The van der Waals surface area contributed by atoms with E-state index in [0.29, 0.717) is 30.6 Å². The van der Waals surface area contributed by atoms with E-state index in [1.807, 2.05) is 6.08 Å². The van der Waals surface area contributed by atoms with Crippen molar-refractivity contribution in [2.24, 2.45) is 28.6 Å². The number of ketones is 1. The third-order valence-corrected chi connectivity index (χ3v) is 9.14. The molecule has 0 amide bonds. The van der Waals surface area contributed by atoms with Crippen molar-refractivity contribution in [3.63, 3.8) is 0 Å². The number of rotatable bonds is 4. The maximum absolute atomic E-state index is 12.4. The van der Waals surface area contributed by atoms with Crippen molar-refractivity contribution in [3.8, 4) is 12.3 Å². The second-order valence-electron chi connectivity index (χ2n) is 10.3. The van der Waals surface area contributed by atoms with Gasteiger partial charge in [-0.2, -0.15) is 0 Å². The van der Waals surface area contributed by atoms with Crippen LogP contribution in [0.3, 0.4) is 0 Å². The number of fused-ring (bicyclic) bond motifs is 5. The number of carboxylic acids is 1. The number of terminal acetylenes is 1. The molecule has 0 saturated heterocycles. The Labute approximate surface area is 178 Å². The van der Waals surface area contributed by atoms with Gasteiger partial charge in [-0.15, -0.1) is 6.42 Å². The predicted molar refractivity (Wildman–Crippen MR) is 109 cm³/mol. The summed E-state index contributed by atoms with van der Waals surface area (Å²) in [5.74, 6) is 2.71. The Morgan fingerprint density at radius 1 is 1.13 bits per heavy atom. The standard InChI is InChI=1S/C25H32O5/c1-4-25(30-22(29)8-7-21(27)28)14-11-20-18-6-5-16-15-17(26)9-12-23(16,2)19(18)10-13-24(20,25)3/h1,15,18-20H,5-14H2,2-3H3,(H,27,28)/p-1/t18-,19+,20+,23+,24+,25-/m1/s1. The summed E-state index contributed by atoms with van der Waals surface area (Å²) in [5.41, 5.74) is 0.149. The first-order valence-electron chi connectivity index (χ1n) is 11.3. The predicted octanol–water partition coefficient (Wildman–Crippen LogP) is 2.96. The van der Waals surface area contributed by atoms with Crippen LogP contribution in [0, 0.1) is 40.9 Å². The molecule has 0 bridgehead atoms. The Morgan fingerprint density at radius 2 is 1.87 bits per heavy atom. The molecule has 5 heteroatoms. The fraction of sp³-hybridized carbons (Fsp3) is 0.720. The van der Waals surface area contributed by atoms with E-state index in [4.69, 9.17) is 11.2 Å². The summed E-state index contributed by atoms with van der Waals surface area (Å²) in [5, 5.41) is 10.7. The van der Waals surface area contributed by atoms with Gasteiger partial charge in [-0.3, -0.25) is 9.59 Å². The van der Waals surface area contributed by atoms with Crippen LogP contribution >= 0.6 is 0 Å². The first-order chi connectivity index (χ1) is 14.1. The van der Waals surface area contributed by atoms with Crippen LogP contribution in [-0.2, 0) is 19.1 Å². The lowest BCUT2D eigenvalue weighted by atomic mass is 9.46. The lowest BCUT2D eigenvalue weighted by Crippen LogP contribution is -2.55. The smallest absolute Gasteiger partial charge is 0.307 e. The van der Waals surface area contributed by atoms with E-state index < -0.39 is 17.5 Å². The van der Waals surface area contributed by atoms with Crippen LogP contribution in [-0.4, -0.2) is 23.3 Å². The van der Waals surface area contributed by atoms with Crippen LogP contribution < -0.4 is 5.11 Å². The van der Waals surface area contributed by atoms with Crippen molar-refractivity contribution >= 4 is 17.7 Å². The monoisotopic (exact) mass is 411 g/mol. The van der Waals surface area contributed by atoms with Crippen molar-refractivity contribution in [1.29, 1.82) is 0 Å². The lowest BCUT2D eigenvalue weighted by molar-refractivity contribution is -0.305. The van der Waals surface area contributed by atoms with Crippen molar-refractivity contribution in [2.45, 2.75) is 83.7 Å². The zero-order chi connectivity index (χ0) is 21.7. The van der Waals surface area contributed by atoms with Gasteiger partial charge in [0.2, 0.25) is 0 Å². The van der Waals surface area contributed by atoms with Crippen molar-refractivity contribution in [1.82, 2.24) is 0 Å². The van der Waals surface area contributed by atoms with E-state index in [0.717, 1.165) is 38.5 Å². The molecule has 0 aromatic carbocycles. The van der Waals surface area contributed by atoms with Crippen LogP contribution in [0.15, 0.2) is 11.6 Å². The topological polar surface area (TPSA) is 83.5 Å². The summed E-state index contributed by atoms with van der Waals surface area (Å²) >= 11 is 0. The molecule has 0 spiro atoms. The molecule has 4 rings (SSSR count). The van der Waals surface area contributed by atoms with Gasteiger partial charge in [-0.05, 0) is 80.6 Å². The highest BCUT2D eigenvalue weighted by atomic mass is 16.6. The van der Waals surface area contributed by atoms with Gasteiger partial charge in [-0.1, -0.05) is 25.3 Å². The Bertz CT molecular complexity index is 850. The molecule has 0 aromatic heterocycles. The van der Waals surface area contributed by atoms with Crippen LogP contribution in [0.25, 0.3) is 0 Å². The lowest BCUT2D eigenvalue weighted by Gasteiger charge is -2.58. The average Bonchev–Trinajstić information content (AvgIpc) is 2.99. The Hall–Kier alpha value is -2.09. The minimum atomic E-state index is -1.26. The quantitative estimate of drug-likeness (QED) is 0.525. The zero-order valence-corrected chi connectivity index (χ0v) is 18.0. The van der Waals surface area contributed by atoms with Gasteiger partial charge in [0.1, 0.15) is 0 Å². The number of esters is 1. The van der Waals surface area contributed by atoms with Gasteiger partial charge in [0.15, 0.2) is 11.4 Å². The highest BCUT2D eigenvalue weighted by Crippen LogP contribution is 2.68. The van der Waals surface area contributed by atoms with Crippen LogP contribution in [0.4, 0.5) is 0 Å². The summed E-state index contributed by atoms with van der Waals surface area (Å²) in [7, 11) is 0. The largest absolute Gasteiger partial charge is 0.550 e. The molecule has 3 fully saturated rings. The minimum Gasteiger partial charge on any atom is -0.550 e. The highest BCUT2D eigenvalue weighted by Gasteiger charge is 2.65. The molecule has 162 valence electrons. The summed E-state index contributed by atoms with van der Waals surface area (Å²) in [6, 6.07) is 0. The number of allylic oxidation sites excluding steroid dienone is 1. The fourth-order valence-corrected chi connectivity index (χ4v) is 7.44. The minimum absolute atomic E-state index is 0.0880. The maximum Gasteiger partial charge on any atom is 0.307 e. The first-order valence-corrected chi connectivity index (χ1v) is 11.3. The molecule has 30 heavy (non-hydrogen) atoms. The molecule has 5 nitrogen and oxygen atoms in total. The molecule has 0 aromatic rings. The van der Waals surface area contributed by atoms with E-state index in [1.54, 1.807) is 0 Å². The Morgan fingerprint density at radius 3 is 2.57 bits per heavy atom. The number of carbonyl (C=O) groups is 3. The van der Waals surface area contributed by atoms with Gasteiger partial charge < -0.3 is 14.6 Å². The number of hydrogen-bond acceptors (Lipinski definition) is 5. The van der Waals surface area contributed by atoms with Crippen LogP contribution in [0.5, 0.6) is 0 Å². The fourth-order valence-electron chi connectivity index (χ4n) is 7.44. The van der Waals surface area contributed by atoms with Crippen molar-refractivity contribution < 1.29 is 24.2 Å². The molecule has 0 aliphatic heterocycles. The molecule has 3 saturated carbocycles. The number of carbonyl (C=O) groups excluding carboxylic acids is 3. The molecular formula is C25H31O5-. The zero-order valence-electron chi connectivity index (χ0n) is 18.0. The number of aliphatic carboxylic acids is 1. The highest BCUT2D eigenvalue weighted by molar-refractivity contribution is 5.91. The first kappa shape index (κ1) is 21.2. The third kappa shape index (κ3) is 3.02. The number of ether oxygens (including phenoxy) is 1. The van der Waals surface area contributed by atoms with E-state index in [9.17, 15) is 19.5 Å². The molecule has 0 heterocycles. The van der Waals surface area contributed by atoms with Crippen LogP contribution in [0.2, 0.25) is 0 Å². The van der Waals surface area contributed by atoms with Crippen LogP contribution in [0.1, 0.15) is 78.1 Å². The SMILES string of the molecule is C#C[C@@]1(OC(=O)CCC(=O)[O-])CC[C@H]2[C@@H]3CCC4=CC(=O)CC[C@]4(C)[C@H]3CC[C@@]21C. The van der Waals surface area contributed by atoms with Crippen molar-refractivity contribution in [3.05, 3.63) is 11.6 Å². The van der Waals surface area contributed by atoms with Gasteiger partial charge in [0.25, 0.3) is 0 Å². The third-order valence-electron chi connectivity index (χ3n) is 9.14. The second-order valence-corrected chi connectivity index (χ2v) is 10.3. The van der Waals surface area contributed by atoms with E-state index in [2.05, 4.69) is 19.8 Å². The van der Waals surface area contributed by atoms with Crippen molar-refractivity contribution in [2.75, 3.05) is 0 Å². The van der Waals surface area contributed by atoms with E-state index in [1.165, 1.54) is 5.57 Å². The molecule has 0 radical (unpaired) electrons. The van der Waals surface area contributed by atoms with Gasteiger partial charge in [0.05, 0.1) is 6.42 Å². The second kappa shape index (κ2) is 7.25. The molecule has 4 aliphatic carbocycles. The molecular weight excluding hydrogens is 380 g/mol. The normalized spacial score (nSPS) is 42.2. The Kier molecular flexibility index (Phi) is 5.11. The number of hydrogen-bond donors (Lipinski definition) is 0. The maximum atomic E-state index is 12.4. The molecule has 0 unspecified atom stereocenters. The van der Waals surface area contributed by atoms with E-state index >= 15 is 0 Å². The summed E-state index contributed by atoms with van der Waals surface area (Å²) < 4.78 is 5.87.